The van der Waals surface area contributed by atoms with Gasteiger partial charge in [0.15, 0.2) is 0 Å². The van der Waals surface area contributed by atoms with Crippen LogP contribution < -0.4 is 15.4 Å². The third-order valence-corrected chi connectivity index (χ3v) is 3.44. The minimum Gasteiger partial charge on any atom is -0.494 e. The third-order valence-electron chi connectivity index (χ3n) is 3.20. The molecule has 1 aliphatic rings. The quantitative estimate of drug-likeness (QED) is 0.877. The van der Waals surface area contributed by atoms with Crippen molar-refractivity contribution in [2.45, 2.75) is 32.4 Å². The van der Waals surface area contributed by atoms with Crippen molar-refractivity contribution in [2.24, 2.45) is 0 Å². The average molecular weight is 305 g/mol. The molecule has 1 heterocycles. The van der Waals surface area contributed by atoms with Crippen molar-refractivity contribution >= 4 is 24.0 Å². The summed E-state index contributed by atoms with van der Waals surface area (Å²) in [4.78, 5) is 0. The summed E-state index contributed by atoms with van der Waals surface area (Å²) >= 11 is 6.04. The van der Waals surface area contributed by atoms with Gasteiger partial charge in [-0.2, -0.15) is 0 Å². The fourth-order valence-electron chi connectivity index (χ4n) is 2.26. The number of nitrogens with one attached hydrogen (secondary N) is 2. The van der Waals surface area contributed by atoms with Crippen molar-refractivity contribution in [1.29, 1.82) is 0 Å². The van der Waals surface area contributed by atoms with Crippen molar-refractivity contribution in [1.82, 2.24) is 10.6 Å². The molecule has 0 radical (unpaired) electrons. The van der Waals surface area contributed by atoms with Crippen molar-refractivity contribution in [2.75, 3.05) is 19.7 Å². The molecule has 5 heteroatoms. The van der Waals surface area contributed by atoms with E-state index in [2.05, 4.69) is 10.6 Å². The Bertz CT molecular complexity index is 382. The molecule has 0 aromatic heterocycles. The first-order valence-corrected chi connectivity index (χ1v) is 7.02. The van der Waals surface area contributed by atoms with Crippen LogP contribution in [-0.4, -0.2) is 25.7 Å². The van der Waals surface area contributed by atoms with Crippen LogP contribution in [0.25, 0.3) is 0 Å². The Morgan fingerprint density at radius 1 is 1.47 bits per heavy atom. The highest BCUT2D eigenvalue weighted by molar-refractivity contribution is 6.30. The number of rotatable bonds is 5. The Labute approximate surface area is 126 Å². The van der Waals surface area contributed by atoms with E-state index in [-0.39, 0.29) is 12.4 Å². The zero-order valence-corrected chi connectivity index (χ0v) is 12.8. The molecule has 0 aliphatic carbocycles. The van der Waals surface area contributed by atoms with Crippen LogP contribution in [0.1, 0.15) is 25.3 Å². The van der Waals surface area contributed by atoms with Crippen LogP contribution in [0.15, 0.2) is 18.2 Å². The first-order valence-electron chi connectivity index (χ1n) is 6.65. The van der Waals surface area contributed by atoms with Crippen LogP contribution in [0.4, 0.5) is 0 Å². The van der Waals surface area contributed by atoms with Gasteiger partial charge in [-0.15, -0.1) is 12.4 Å². The van der Waals surface area contributed by atoms with Gasteiger partial charge in [-0.1, -0.05) is 11.6 Å². The highest BCUT2D eigenvalue weighted by Gasteiger charge is 2.13. The zero-order chi connectivity index (χ0) is 12.8. The standard InChI is InChI=1S/C14H21ClN2O.ClH/c1-2-18-14-6-5-12(15)8-11(14)9-17-13-4-3-7-16-10-13;/h5-6,8,13,16-17H,2-4,7,9-10H2,1H3;1H/t13-;/m0./s1. The van der Waals surface area contributed by atoms with E-state index in [0.717, 1.165) is 36.0 Å². The molecule has 1 saturated heterocycles. The van der Waals surface area contributed by atoms with Crippen LogP contribution in [0.3, 0.4) is 0 Å². The van der Waals surface area contributed by atoms with Gasteiger partial charge in [0.25, 0.3) is 0 Å². The van der Waals surface area contributed by atoms with E-state index in [9.17, 15) is 0 Å². The number of ether oxygens (including phenoxy) is 1. The summed E-state index contributed by atoms with van der Waals surface area (Å²) in [7, 11) is 0. The zero-order valence-electron chi connectivity index (χ0n) is 11.2. The van der Waals surface area contributed by atoms with E-state index < -0.39 is 0 Å². The second-order valence-corrected chi connectivity index (χ2v) is 5.05. The second-order valence-electron chi connectivity index (χ2n) is 4.61. The Hall–Kier alpha value is -0.480. The lowest BCUT2D eigenvalue weighted by atomic mass is 10.1. The molecule has 1 aliphatic heterocycles. The molecule has 108 valence electrons. The Morgan fingerprint density at radius 3 is 3.00 bits per heavy atom. The molecule has 0 saturated carbocycles. The normalized spacial score (nSPS) is 18.7. The Balaban J connectivity index is 0.00000180. The molecular weight excluding hydrogens is 283 g/mol. The van der Waals surface area contributed by atoms with E-state index in [0.29, 0.717) is 12.6 Å². The number of hydrogen-bond acceptors (Lipinski definition) is 3. The number of piperidine rings is 1. The van der Waals surface area contributed by atoms with E-state index in [1.165, 1.54) is 12.8 Å². The van der Waals surface area contributed by atoms with Crippen LogP contribution in [0.2, 0.25) is 5.02 Å². The first kappa shape index (κ1) is 16.6. The van der Waals surface area contributed by atoms with E-state index in [1.54, 1.807) is 0 Å². The van der Waals surface area contributed by atoms with Gasteiger partial charge in [-0.25, -0.2) is 0 Å². The lowest BCUT2D eigenvalue weighted by molar-refractivity contribution is 0.332. The summed E-state index contributed by atoms with van der Waals surface area (Å²) in [6, 6.07) is 6.35. The minimum absolute atomic E-state index is 0. The van der Waals surface area contributed by atoms with Crippen molar-refractivity contribution < 1.29 is 4.74 Å². The van der Waals surface area contributed by atoms with Crippen LogP contribution in [-0.2, 0) is 6.54 Å². The van der Waals surface area contributed by atoms with Crippen LogP contribution >= 0.6 is 24.0 Å². The first-order chi connectivity index (χ1) is 8.79. The van der Waals surface area contributed by atoms with Gasteiger partial charge in [-0.3, -0.25) is 0 Å². The molecule has 0 amide bonds. The molecule has 1 aromatic rings. The SMILES string of the molecule is CCOc1ccc(Cl)cc1CN[C@H]1CCCNC1.Cl. The van der Waals surface area contributed by atoms with Crippen molar-refractivity contribution in [3.05, 3.63) is 28.8 Å². The second kappa shape index (κ2) is 8.64. The lowest BCUT2D eigenvalue weighted by Crippen LogP contribution is -2.42. The topological polar surface area (TPSA) is 33.3 Å². The van der Waals surface area contributed by atoms with Crippen LogP contribution in [0, 0.1) is 0 Å². The van der Waals surface area contributed by atoms with Gasteiger partial charge >= 0.3 is 0 Å². The molecule has 19 heavy (non-hydrogen) atoms. The van der Waals surface area contributed by atoms with Gasteiger partial charge in [0, 0.05) is 29.7 Å². The highest BCUT2D eigenvalue weighted by Crippen LogP contribution is 2.23. The predicted octanol–water partition coefficient (Wildman–Crippen LogP) is 3.00. The maximum atomic E-state index is 6.04. The summed E-state index contributed by atoms with van der Waals surface area (Å²) < 4.78 is 5.62. The fourth-order valence-corrected chi connectivity index (χ4v) is 2.46. The number of benzene rings is 1. The summed E-state index contributed by atoms with van der Waals surface area (Å²) in [6.45, 7) is 5.67. The van der Waals surface area contributed by atoms with Crippen molar-refractivity contribution in [3.63, 3.8) is 0 Å². The average Bonchev–Trinajstić information content (AvgIpc) is 2.40. The van der Waals surface area contributed by atoms with E-state index >= 15 is 0 Å². The molecule has 2 N–H and O–H groups in total. The molecule has 3 nitrogen and oxygen atoms in total. The summed E-state index contributed by atoms with van der Waals surface area (Å²) in [5.41, 5.74) is 1.13. The molecule has 0 unspecified atom stereocenters. The maximum Gasteiger partial charge on any atom is 0.123 e. The van der Waals surface area contributed by atoms with Gasteiger partial charge < -0.3 is 15.4 Å². The van der Waals surface area contributed by atoms with E-state index in [4.69, 9.17) is 16.3 Å². The van der Waals surface area contributed by atoms with Gasteiger partial charge in [0.2, 0.25) is 0 Å². The third kappa shape index (κ3) is 5.19. The molecule has 0 spiro atoms. The minimum atomic E-state index is 0. The summed E-state index contributed by atoms with van der Waals surface area (Å²) in [5.74, 6) is 0.929. The van der Waals surface area contributed by atoms with Crippen LogP contribution in [0.5, 0.6) is 5.75 Å². The number of hydrogen-bond donors (Lipinski definition) is 2. The fraction of sp³-hybridized carbons (Fsp3) is 0.571. The van der Waals surface area contributed by atoms with Crippen molar-refractivity contribution in [3.8, 4) is 5.75 Å². The Morgan fingerprint density at radius 2 is 2.32 bits per heavy atom. The number of halogens is 2. The molecular formula is C14H22Cl2N2O. The molecule has 1 atom stereocenters. The summed E-state index contributed by atoms with van der Waals surface area (Å²) in [6.07, 6.45) is 2.48. The van der Waals surface area contributed by atoms with E-state index in [1.807, 2.05) is 25.1 Å². The predicted molar refractivity (Wildman–Crippen MR) is 82.6 cm³/mol. The summed E-state index contributed by atoms with van der Waals surface area (Å²) in [5, 5.41) is 7.73. The highest BCUT2D eigenvalue weighted by atomic mass is 35.5. The monoisotopic (exact) mass is 304 g/mol. The molecule has 1 aromatic carbocycles. The molecule has 2 rings (SSSR count). The molecule has 1 fully saturated rings. The van der Waals surface area contributed by atoms with Gasteiger partial charge in [0.05, 0.1) is 6.61 Å². The molecule has 0 bridgehead atoms. The largest absolute Gasteiger partial charge is 0.494 e. The maximum absolute atomic E-state index is 6.04. The smallest absolute Gasteiger partial charge is 0.123 e. The van der Waals surface area contributed by atoms with Gasteiger partial charge in [-0.05, 0) is 44.5 Å². The lowest BCUT2D eigenvalue weighted by Gasteiger charge is -2.24. The van der Waals surface area contributed by atoms with Gasteiger partial charge in [0.1, 0.15) is 5.75 Å². The Kier molecular flexibility index (Phi) is 7.54.